The first-order valence-corrected chi connectivity index (χ1v) is 10.9. The van der Waals surface area contributed by atoms with Crippen molar-refractivity contribution in [2.45, 2.75) is 6.42 Å². The van der Waals surface area contributed by atoms with E-state index < -0.39 is 23.4 Å². The lowest BCUT2D eigenvalue weighted by Gasteiger charge is -2.12. The summed E-state index contributed by atoms with van der Waals surface area (Å²) in [6.07, 6.45) is 0.696. The molecule has 2 aromatic carbocycles. The molecular weight excluding hydrogens is 472 g/mol. The summed E-state index contributed by atoms with van der Waals surface area (Å²) in [7, 11) is 1.36. The van der Waals surface area contributed by atoms with Gasteiger partial charge in [0.25, 0.3) is 5.91 Å². The Kier molecular flexibility index (Phi) is 8.22. The number of rotatable bonds is 10. The van der Waals surface area contributed by atoms with Crippen LogP contribution in [-0.4, -0.2) is 37.1 Å². The van der Waals surface area contributed by atoms with Crippen molar-refractivity contribution in [2.24, 2.45) is 0 Å². The topological polar surface area (TPSA) is 117 Å². The van der Waals surface area contributed by atoms with Crippen molar-refractivity contribution >= 4 is 40.5 Å². The molecule has 33 heavy (non-hydrogen) atoms. The van der Waals surface area contributed by atoms with Crippen molar-refractivity contribution in [3.63, 3.8) is 0 Å². The molecule has 1 amide bonds. The molecule has 11 heteroatoms. The van der Waals surface area contributed by atoms with Crippen LogP contribution in [0.15, 0.2) is 53.9 Å². The molecule has 1 heterocycles. The van der Waals surface area contributed by atoms with Crippen LogP contribution < -0.4 is 14.8 Å². The third-order valence-electron chi connectivity index (χ3n) is 4.34. The fourth-order valence-electron chi connectivity index (χ4n) is 2.76. The Balaban J connectivity index is 1.60. The predicted octanol–water partition coefficient (Wildman–Crippen LogP) is 4.63. The van der Waals surface area contributed by atoms with E-state index in [2.05, 4.69) is 5.32 Å². The second-order valence-corrected chi connectivity index (χ2v) is 8.06. The molecule has 3 rings (SSSR count). The number of benzene rings is 2. The van der Waals surface area contributed by atoms with Gasteiger partial charge in [-0.3, -0.25) is 14.9 Å². The monoisotopic (exact) mass is 490 g/mol. The number of hydrogen-bond acceptors (Lipinski definition) is 8. The molecule has 3 aromatic rings. The first-order valence-electron chi connectivity index (χ1n) is 9.63. The normalized spacial score (nSPS) is 10.4. The van der Waals surface area contributed by atoms with Gasteiger partial charge in [-0.05, 0) is 48.2 Å². The summed E-state index contributed by atoms with van der Waals surface area (Å²) >= 11 is 7.42. The van der Waals surface area contributed by atoms with Crippen LogP contribution in [0.1, 0.15) is 15.2 Å². The summed E-state index contributed by atoms with van der Waals surface area (Å²) in [4.78, 5) is 36.0. The lowest BCUT2D eigenvalue weighted by atomic mass is 10.2. The van der Waals surface area contributed by atoms with E-state index in [9.17, 15) is 19.7 Å². The van der Waals surface area contributed by atoms with Gasteiger partial charge < -0.3 is 19.5 Å². The molecule has 0 bridgehead atoms. The molecule has 9 nitrogen and oxygen atoms in total. The lowest BCUT2D eigenvalue weighted by molar-refractivity contribution is -0.385. The minimum absolute atomic E-state index is 0.0442. The zero-order valence-corrected chi connectivity index (χ0v) is 19.0. The number of amides is 1. The van der Waals surface area contributed by atoms with E-state index in [1.807, 2.05) is 17.5 Å². The van der Waals surface area contributed by atoms with Gasteiger partial charge in [0.2, 0.25) is 5.75 Å². The molecule has 0 aliphatic carbocycles. The number of carbonyl (C=O) groups excluding carboxylic acids is 2. The number of esters is 1. The first-order chi connectivity index (χ1) is 15.9. The van der Waals surface area contributed by atoms with Crippen LogP contribution >= 0.6 is 22.9 Å². The number of nitro groups is 1. The van der Waals surface area contributed by atoms with Crippen LogP contribution in [-0.2, 0) is 16.0 Å². The molecule has 1 aromatic heterocycles. The van der Waals surface area contributed by atoms with Crippen molar-refractivity contribution < 1.29 is 28.7 Å². The number of ether oxygens (including phenoxy) is 3. The number of thiophene rings is 1. The second-order valence-electron chi connectivity index (χ2n) is 6.59. The predicted molar refractivity (Wildman–Crippen MR) is 122 cm³/mol. The van der Waals surface area contributed by atoms with Crippen LogP contribution in [0, 0.1) is 10.1 Å². The molecule has 0 aliphatic rings. The average Bonchev–Trinajstić information content (AvgIpc) is 3.32. The van der Waals surface area contributed by atoms with Crippen molar-refractivity contribution in [3.8, 4) is 17.2 Å². The minimum Gasteiger partial charge on any atom is -0.493 e. The minimum atomic E-state index is -0.731. The maximum Gasteiger partial charge on any atom is 0.338 e. The van der Waals surface area contributed by atoms with Crippen LogP contribution in [0.3, 0.4) is 0 Å². The van der Waals surface area contributed by atoms with E-state index in [1.165, 1.54) is 43.5 Å². The lowest BCUT2D eigenvalue weighted by Crippen LogP contribution is -2.30. The zero-order chi connectivity index (χ0) is 23.8. The summed E-state index contributed by atoms with van der Waals surface area (Å²) in [6.45, 7) is 0.00833. The van der Waals surface area contributed by atoms with Gasteiger partial charge in [-0.2, -0.15) is 0 Å². The van der Waals surface area contributed by atoms with Gasteiger partial charge >= 0.3 is 11.7 Å². The Hall–Kier alpha value is -3.63. The highest BCUT2D eigenvalue weighted by Crippen LogP contribution is 2.38. The fourth-order valence-corrected chi connectivity index (χ4v) is 3.64. The Morgan fingerprint density at radius 3 is 2.61 bits per heavy atom. The van der Waals surface area contributed by atoms with E-state index in [0.717, 1.165) is 4.88 Å². The average molecular weight is 491 g/mol. The first kappa shape index (κ1) is 24.0. The SMILES string of the molecule is COc1cc(C(=O)OCC(=O)NCCc2cccs2)ccc1Oc1ccc(Cl)cc1[N+](=O)[O-]. The molecule has 0 fully saturated rings. The van der Waals surface area contributed by atoms with E-state index in [4.69, 9.17) is 25.8 Å². The third-order valence-corrected chi connectivity index (χ3v) is 5.52. The Morgan fingerprint density at radius 1 is 1.12 bits per heavy atom. The zero-order valence-electron chi connectivity index (χ0n) is 17.4. The van der Waals surface area contributed by atoms with Gasteiger partial charge in [0.1, 0.15) is 0 Å². The molecule has 0 radical (unpaired) electrons. The highest BCUT2D eigenvalue weighted by molar-refractivity contribution is 7.09. The molecule has 0 aliphatic heterocycles. The van der Waals surface area contributed by atoms with Gasteiger partial charge in [-0.15, -0.1) is 11.3 Å². The van der Waals surface area contributed by atoms with Crippen molar-refractivity contribution in [1.82, 2.24) is 5.32 Å². The number of nitrogens with one attached hydrogen (secondary N) is 1. The van der Waals surface area contributed by atoms with Gasteiger partial charge in [0.15, 0.2) is 18.1 Å². The quantitative estimate of drug-likeness (QED) is 0.250. The van der Waals surface area contributed by atoms with Crippen LogP contribution in [0.5, 0.6) is 17.2 Å². The third kappa shape index (κ3) is 6.67. The number of nitrogens with zero attached hydrogens (tertiary/aromatic N) is 1. The molecule has 0 unspecified atom stereocenters. The molecule has 0 saturated carbocycles. The van der Waals surface area contributed by atoms with E-state index >= 15 is 0 Å². The summed E-state index contributed by atoms with van der Waals surface area (Å²) < 4.78 is 15.9. The summed E-state index contributed by atoms with van der Waals surface area (Å²) in [5.74, 6) is -0.898. The smallest absolute Gasteiger partial charge is 0.338 e. The number of nitro benzene ring substituents is 1. The van der Waals surface area contributed by atoms with Gasteiger partial charge in [-0.25, -0.2) is 4.79 Å². The maximum atomic E-state index is 12.3. The largest absolute Gasteiger partial charge is 0.493 e. The molecular formula is C22H19ClN2O7S. The van der Waals surface area contributed by atoms with Crippen molar-refractivity contribution in [3.05, 3.63) is 79.5 Å². The van der Waals surface area contributed by atoms with Gasteiger partial charge in [-0.1, -0.05) is 17.7 Å². The molecule has 0 atom stereocenters. The number of hydrogen-bond donors (Lipinski definition) is 1. The van der Waals surface area contributed by atoms with E-state index in [0.29, 0.717) is 13.0 Å². The summed E-state index contributed by atoms with van der Waals surface area (Å²) in [6, 6.07) is 12.1. The molecule has 1 N–H and O–H groups in total. The Morgan fingerprint density at radius 2 is 1.91 bits per heavy atom. The molecule has 172 valence electrons. The summed E-state index contributed by atoms with van der Waals surface area (Å²) in [5.41, 5.74) is -0.200. The standard InChI is InChI=1S/C22H19ClN2O7S/c1-30-20-11-14(22(27)31-13-21(26)24-9-8-16-3-2-10-33-16)4-6-19(20)32-18-7-5-15(23)12-17(18)25(28)29/h2-7,10-12H,8-9,13H2,1H3,(H,24,26). The Labute approximate surface area is 198 Å². The maximum absolute atomic E-state index is 12.3. The Bertz CT molecular complexity index is 1150. The highest BCUT2D eigenvalue weighted by atomic mass is 35.5. The van der Waals surface area contributed by atoms with Crippen LogP contribution in [0.4, 0.5) is 5.69 Å². The van der Waals surface area contributed by atoms with Crippen molar-refractivity contribution in [1.29, 1.82) is 0 Å². The molecule has 0 spiro atoms. The second kappa shape index (κ2) is 11.3. The number of methoxy groups -OCH3 is 1. The van der Waals surface area contributed by atoms with Crippen LogP contribution in [0.2, 0.25) is 5.02 Å². The summed E-state index contributed by atoms with van der Waals surface area (Å²) in [5, 5.41) is 16.1. The van der Waals surface area contributed by atoms with Crippen molar-refractivity contribution in [2.75, 3.05) is 20.3 Å². The van der Waals surface area contributed by atoms with E-state index in [1.54, 1.807) is 11.3 Å². The van der Waals surface area contributed by atoms with Gasteiger partial charge in [0, 0.05) is 22.5 Å². The number of carbonyl (C=O) groups is 2. The number of halogens is 1. The van der Waals surface area contributed by atoms with Crippen LogP contribution in [0.25, 0.3) is 0 Å². The van der Waals surface area contributed by atoms with E-state index in [-0.39, 0.29) is 33.5 Å². The van der Waals surface area contributed by atoms with Gasteiger partial charge in [0.05, 0.1) is 17.6 Å². The fraction of sp³-hybridized carbons (Fsp3) is 0.182. The molecule has 0 saturated heterocycles. The highest BCUT2D eigenvalue weighted by Gasteiger charge is 2.19.